The number of carbonyl (C=O) groups is 3. The molecular formula is C15H13NO3. The molecule has 1 aromatic carbocycles. The largest absolute Gasteiger partial charge is 0.298 e. The van der Waals surface area contributed by atoms with Gasteiger partial charge in [-0.25, -0.2) is 0 Å². The van der Waals surface area contributed by atoms with Crippen molar-refractivity contribution in [2.75, 3.05) is 4.90 Å². The maximum absolute atomic E-state index is 12.3. The molecule has 96 valence electrons. The third-order valence-corrected chi connectivity index (χ3v) is 3.77. The molecule has 3 rings (SSSR count). The van der Waals surface area contributed by atoms with Gasteiger partial charge in [0.1, 0.15) is 6.29 Å². The number of hydrogen-bond acceptors (Lipinski definition) is 3. The van der Waals surface area contributed by atoms with Crippen LogP contribution < -0.4 is 4.90 Å². The van der Waals surface area contributed by atoms with E-state index in [2.05, 4.69) is 0 Å². The van der Waals surface area contributed by atoms with Crippen LogP contribution in [0, 0.1) is 11.8 Å². The molecule has 4 nitrogen and oxygen atoms in total. The maximum atomic E-state index is 12.3. The highest BCUT2D eigenvalue weighted by molar-refractivity contribution is 6.22. The number of allylic oxidation sites excluding steroid dienone is 2. The number of fused-ring (bicyclic) bond motifs is 1. The summed E-state index contributed by atoms with van der Waals surface area (Å²) in [4.78, 5) is 36.7. The van der Waals surface area contributed by atoms with Crippen LogP contribution in [-0.4, -0.2) is 18.1 Å². The Morgan fingerprint density at radius 3 is 2.26 bits per heavy atom. The molecule has 2 aliphatic rings. The average Bonchev–Trinajstić information content (AvgIpc) is 2.72. The second-order valence-corrected chi connectivity index (χ2v) is 4.88. The molecule has 0 spiro atoms. The molecule has 19 heavy (non-hydrogen) atoms. The Morgan fingerprint density at radius 1 is 1.05 bits per heavy atom. The summed E-state index contributed by atoms with van der Waals surface area (Å²) in [5.41, 5.74) is 0.958. The van der Waals surface area contributed by atoms with Gasteiger partial charge < -0.3 is 0 Å². The first-order chi connectivity index (χ1) is 9.22. The maximum Gasteiger partial charge on any atom is 0.238 e. The molecule has 1 aliphatic carbocycles. The summed E-state index contributed by atoms with van der Waals surface area (Å²) in [6.07, 6.45) is 5.87. The number of benzene rings is 1. The van der Waals surface area contributed by atoms with Gasteiger partial charge in [0.2, 0.25) is 11.8 Å². The normalized spacial score (nSPS) is 25.6. The Hall–Kier alpha value is -2.23. The van der Waals surface area contributed by atoms with Gasteiger partial charge in [-0.1, -0.05) is 24.3 Å². The van der Waals surface area contributed by atoms with Crippen LogP contribution in [0.2, 0.25) is 0 Å². The van der Waals surface area contributed by atoms with E-state index >= 15 is 0 Å². The van der Waals surface area contributed by atoms with Gasteiger partial charge >= 0.3 is 0 Å². The summed E-state index contributed by atoms with van der Waals surface area (Å²) in [6.45, 7) is 0. The number of imide groups is 1. The molecule has 1 fully saturated rings. The van der Waals surface area contributed by atoms with E-state index in [1.807, 2.05) is 12.2 Å². The van der Waals surface area contributed by atoms with Gasteiger partial charge in [-0.3, -0.25) is 19.3 Å². The number of aldehydes is 1. The highest BCUT2D eigenvalue weighted by atomic mass is 16.2. The minimum Gasteiger partial charge on any atom is -0.298 e. The van der Waals surface area contributed by atoms with Crippen LogP contribution in [-0.2, 0) is 9.59 Å². The molecule has 4 heteroatoms. The van der Waals surface area contributed by atoms with Gasteiger partial charge in [-0.05, 0) is 25.0 Å². The van der Waals surface area contributed by atoms with Crippen LogP contribution >= 0.6 is 0 Å². The standard InChI is InChI=1S/C15H13NO3/c17-9-10-4-3-5-11(8-10)16-14(18)12-6-1-2-7-13(12)15(16)19/h1-5,8-9,12-13H,6-7H2. The fourth-order valence-corrected chi connectivity index (χ4v) is 2.79. The van der Waals surface area contributed by atoms with Crippen molar-refractivity contribution in [2.24, 2.45) is 11.8 Å². The first-order valence-electron chi connectivity index (χ1n) is 6.30. The minimum atomic E-state index is -0.239. The Balaban J connectivity index is 1.99. The SMILES string of the molecule is O=Cc1cccc(N2C(=O)C3CC=CCC3C2=O)c1. The van der Waals surface area contributed by atoms with E-state index in [1.54, 1.807) is 24.3 Å². The number of amides is 2. The molecular weight excluding hydrogens is 242 g/mol. The lowest BCUT2D eigenvalue weighted by atomic mass is 9.85. The van der Waals surface area contributed by atoms with E-state index in [4.69, 9.17) is 0 Å². The van der Waals surface area contributed by atoms with Gasteiger partial charge in [0.25, 0.3) is 0 Å². The molecule has 1 heterocycles. The van der Waals surface area contributed by atoms with Crippen LogP contribution in [0.3, 0.4) is 0 Å². The lowest BCUT2D eigenvalue weighted by Gasteiger charge is -2.14. The van der Waals surface area contributed by atoms with Gasteiger partial charge in [0, 0.05) is 5.56 Å². The molecule has 2 atom stereocenters. The van der Waals surface area contributed by atoms with Crippen molar-refractivity contribution in [3.63, 3.8) is 0 Å². The van der Waals surface area contributed by atoms with Crippen LogP contribution in [0.1, 0.15) is 23.2 Å². The monoisotopic (exact) mass is 255 g/mol. The zero-order valence-electron chi connectivity index (χ0n) is 10.3. The summed E-state index contributed by atoms with van der Waals surface area (Å²) >= 11 is 0. The van der Waals surface area contributed by atoms with E-state index in [0.717, 1.165) is 0 Å². The first kappa shape index (κ1) is 11.8. The van der Waals surface area contributed by atoms with Crippen molar-refractivity contribution >= 4 is 23.8 Å². The Morgan fingerprint density at radius 2 is 1.68 bits per heavy atom. The highest BCUT2D eigenvalue weighted by Crippen LogP contribution is 2.37. The van der Waals surface area contributed by atoms with E-state index in [1.165, 1.54) is 4.90 Å². The van der Waals surface area contributed by atoms with Crippen molar-refractivity contribution in [3.8, 4) is 0 Å². The lowest BCUT2D eigenvalue weighted by molar-refractivity contribution is -0.122. The van der Waals surface area contributed by atoms with Crippen molar-refractivity contribution in [1.29, 1.82) is 0 Å². The summed E-state index contributed by atoms with van der Waals surface area (Å²) in [6, 6.07) is 6.59. The highest BCUT2D eigenvalue weighted by Gasteiger charge is 2.47. The van der Waals surface area contributed by atoms with Crippen molar-refractivity contribution in [3.05, 3.63) is 42.0 Å². The molecule has 0 N–H and O–H groups in total. The number of anilines is 1. The average molecular weight is 255 g/mol. The van der Waals surface area contributed by atoms with Gasteiger partial charge in [0.15, 0.2) is 0 Å². The van der Waals surface area contributed by atoms with Gasteiger partial charge in [-0.15, -0.1) is 0 Å². The molecule has 1 aromatic rings. The molecule has 0 radical (unpaired) electrons. The zero-order chi connectivity index (χ0) is 13.4. The van der Waals surface area contributed by atoms with E-state index in [-0.39, 0.29) is 23.7 Å². The third kappa shape index (κ3) is 1.80. The zero-order valence-corrected chi connectivity index (χ0v) is 10.3. The van der Waals surface area contributed by atoms with Crippen molar-refractivity contribution < 1.29 is 14.4 Å². The van der Waals surface area contributed by atoms with Gasteiger partial charge in [-0.2, -0.15) is 0 Å². The summed E-state index contributed by atoms with van der Waals surface area (Å²) in [7, 11) is 0. The van der Waals surface area contributed by atoms with Crippen molar-refractivity contribution in [1.82, 2.24) is 0 Å². The first-order valence-corrected chi connectivity index (χ1v) is 6.30. The van der Waals surface area contributed by atoms with Gasteiger partial charge in [0.05, 0.1) is 17.5 Å². The third-order valence-electron chi connectivity index (χ3n) is 3.77. The van der Waals surface area contributed by atoms with Crippen molar-refractivity contribution in [2.45, 2.75) is 12.8 Å². The number of hydrogen-bond donors (Lipinski definition) is 0. The lowest BCUT2D eigenvalue weighted by Crippen LogP contribution is -2.30. The molecule has 2 amide bonds. The topological polar surface area (TPSA) is 54.5 Å². The van der Waals surface area contributed by atoms with Crippen LogP contribution in [0.5, 0.6) is 0 Å². The fourth-order valence-electron chi connectivity index (χ4n) is 2.79. The van der Waals surface area contributed by atoms with Crippen LogP contribution in [0.4, 0.5) is 5.69 Å². The molecule has 1 saturated heterocycles. The van der Waals surface area contributed by atoms with Crippen LogP contribution in [0.25, 0.3) is 0 Å². The van der Waals surface area contributed by atoms with Crippen LogP contribution in [0.15, 0.2) is 36.4 Å². The molecule has 1 aliphatic heterocycles. The molecule has 0 aromatic heterocycles. The molecule has 0 saturated carbocycles. The predicted molar refractivity (Wildman–Crippen MR) is 69.7 cm³/mol. The number of nitrogens with zero attached hydrogens (tertiary/aromatic N) is 1. The second kappa shape index (κ2) is 4.46. The minimum absolute atomic E-state index is 0.151. The number of rotatable bonds is 2. The second-order valence-electron chi connectivity index (χ2n) is 4.88. The van der Waals surface area contributed by atoms with E-state index < -0.39 is 0 Å². The Bertz CT molecular complexity index is 565. The summed E-state index contributed by atoms with van der Waals surface area (Å²) < 4.78 is 0. The summed E-state index contributed by atoms with van der Waals surface area (Å²) in [5, 5.41) is 0. The summed E-state index contributed by atoms with van der Waals surface area (Å²) in [5.74, 6) is -0.778. The Labute approximate surface area is 110 Å². The molecule has 0 bridgehead atoms. The predicted octanol–water partition coefficient (Wildman–Crippen LogP) is 1.95. The Kier molecular flexibility index (Phi) is 2.78. The number of carbonyl (C=O) groups excluding carboxylic acids is 3. The van der Waals surface area contributed by atoms with E-state index in [0.29, 0.717) is 30.4 Å². The molecule has 2 unspecified atom stereocenters. The smallest absolute Gasteiger partial charge is 0.238 e. The fraction of sp³-hybridized carbons (Fsp3) is 0.267. The van der Waals surface area contributed by atoms with E-state index in [9.17, 15) is 14.4 Å². The quantitative estimate of drug-likeness (QED) is 0.461.